The average Bonchev–Trinajstić information content (AvgIpc) is 2.16. The Morgan fingerprint density at radius 1 is 1.57 bits per heavy atom. The molecule has 1 N–H and O–H groups in total. The Balaban J connectivity index is 4.31. The molecule has 3 nitrogen and oxygen atoms in total. The Morgan fingerprint density at radius 2 is 2.14 bits per heavy atom. The number of ether oxygens (including phenoxy) is 1. The average molecular weight is 200 g/mol. The van der Waals surface area contributed by atoms with Crippen LogP contribution < -0.4 is 0 Å². The predicted octanol–water partition coefficient (Wildman–Crippen LogP) is 1.90. The third-order valence-electron chi connectivity index (χ3n) is 2.36. The minimum Gasteiger partial charge on any atom is -0.469 e. The molecule has 0 saturated heterocycles. The van der Waals surface area contributed by atoms with E-state index >= 15 is 0 Å². The van der Waals surface area contributed by atoms with Gasteiger partial charge in [-0.25, -0.2) is 0 Å². The Kier molecular flexibility index (Phi) is 6.21. The van der Waals surface area contributed by atoms with Crippen molar-refractivity contribution in [2.45, 2.75) is 39.7 Å². The van der Waals surface area contributed by atoms with Crippen LogP contribution in [0.2, 0.25) is 0 Å². The highest BCUT2D eigenvalue weighted by atomic mass is 16.5. The molecule has 0 aliphatic heterocycles. The first-order valence-electron chi connectivity index (χ1n) is 4.94. The summed E-state index contributed by atoms with van der Waals surface area (Å²) in [7, 11) is 1.34. The van der Waals surface area contributed by atoms with E-state index in [1.165, 1.54) is 12.7 Å². The zero-order valence-corrected chi connectivity index (χ0v) is 9.41. The van der Waals surface area contributed by atoms with Crippen LogP contribution in [0.3, 0.4) is 0 Å². The van der Waals surface area contributed by atoms with Gasteiger partial charge in [-0.05, 0) is 26.7 Å². The molecule has 2 atom stereocenters. The number of carbonyl (C=O) groups excluding carboxylic acids is 1. The molecule has 3 heteroatoms. The number of allylic oxidation sites excluding steroid dienone is 2. The largest absolute Gasteiger partial charge is 0.469 e. The summed E-state index contributed by atoms with van der Waals surface area (Å²) in [6, 6.07) is 0. The molecule has 0 bridgehead atoms. The van der Waals surface area contributed by atoms with Gasteiger partial charge in [0.1, 0.15) is 0 Å². The van der Waals surface area contributed by atoms with Crippen LogP contribution in [0.15, 0.2) is 11.6 Å². The predicted molar refractivity (Wildman–Crippen MR) is 55.9 cm³/mol. The highest BCUT2D eigenvalue weighted by Gasteiger charge is 2.22. The molecule has 0 aromatic heterocycles. The van der Waals surface area contributed by atoms with Crippen molar-refractivity contribution in [3.8, 4) is 0 Å². The molecule has 0 aliphatic rings. The third-order valence-corrected chi connectivity index (χ3v) is 2.36. The van der Waals surface area contributed by atoms with Gasteiger partial charge in [-0.2, -0.15) is 0 Å². The van der Waals surface area contributed by atoms with Gasteiger partial charge in [0.15, 0.2) is 0 Å². The Morgan fingerprint density at radius 3 is 2.50 bits per heavy atom. The molecule has 0 spiro atoms. The molecule has 0 aliphatic carbocycles. The summed E-state index contributed by atoms with van der Waals surface area (Å²) < 4.78 is 4.61. The Bertz CT molecular complexity index is 207. The van der Waals surface area contributed by atoms with Gasteiger partial charge in [0, 0.05) is 0 Å². The maximum atomic E-state index is 11.2. The third kappa shape index (κ3) is 4.42. The van der Waals surface area contributed by atoms with E-state index in [4.69, 9.17) is 0 Å². The van der Waals surface area contributed by atoms with Gasteiger partial charge in [-0.15, -0.1) is 0 Å². The fourth-order valence-corrected chi connectivity index (χ4v) is 1.11. The number of aliphatic hydroxyl groups excluding tert-OH is 1. The fourth-order valence-electron chi connectivity index (χ4n) is 1.11. The quantitative estimate of drug-likeness (QED) is 0.544. The zero-order chi connectivity index (χ0) is 11.1. The maximum Gasteiger partial charge on any atom is 0.311 e. The highest BCUT2D eigenvalue weighted by Crippen LogP contribution is 2.14. The molecule has 82 valence electrons. The van der Waals surface area contributed by atoms with E-state index in [1.807, 2.05) is 13.0 Å². The lowest BCUT2D eigenvalue weighted by Gasteiger charge is -2.15. The maximum absolute atomic E-state index is 11.2. The monoisotopic (exact) mass is 200 g/mol. The number of aliphatic hydroxyl groups is 1. The van der Waals surface area contributed by atoms with Gasteiger partial charge >= 0.3 is 5.97 Å². The van der Waals surface area contributed by atoms with Crippen LogP contribution in [-0.2, 0) is 9.53 Å². The van der Waals surface area contributed by atoms with E-state index in [9.17, 15) is 9.90 Å². The number of hydrogen-bond donors (Lipinski definition) is 1. The van der Waals surface area contributed by atoms with Crippen molar-refractivity contribution in [3.63, 3.8) is 0 Å². The SMILES string of the molecule is CC/C(C)=C/C[C@H](C(=O)OC)[C@H](C)O. The second-order valence-electron chi connectivity index (χ2n) is 3.51. The van der Waals surface area contributed by atoms with Crippen LogP contribution >= 0.6 is 0 Å². The molecule has 0 heterocycles. The second kappa shape index (κ2) is 6.60. The molecular formula is C11H20O3. The molecule has 0 radical (unpaired) electrons. The molecule has 0 aromatic carbocycles. The summed E-state index contributed by atoms with van der Waals surface area (Å²) in [6.45, 7) is 5.68. The van der Waals surface area contributed by atoms with Gasteiger partial charge in [0.25, 0.3) is 0 Å². The first-order chi connectivity index (χ1) is 6.52. The van der Waals surface area contributed by atoms with Gasteiger partial charge in [0.2, 0.25) is 0 Å². The van der Waals surface area contributed by atoms with Crippen LogP contribution in [0.1, 0.15) is 33.6 Å². The minimum absolute atomic E-state index is 0.347. The summed E-state index contributed by atoms with van der Waals surface area (Å²) in [5.41, 5.74) is 1.22. The van der Waals surface area contributed by atoms with Crippen molar-refractivity contribution < 1.29 is 14.6 Å². The van der Waals surface area contributed by atoms with Crippen molar-refractivity contribution in [3.05, 3.63) is 11.6 Å². The van der Waals surface area contributed by atoms with E-state index < -0.39 is 12.0 Å². The molecule has 0 saturated carbocycles. The minimum atomic E-state index is -0.664. The van der Waals surface area contributed by atoms with Gasteiger partial charge < -0.3 is 9.84 Å². The van der Waals surface area contributed by atoms with Gasteiger partial charge in [-0.1, -0.05) is 18.6 Å². The van der Waals surface area contributed by atoms with Crippen LogP contribution in [0, 0.1) is 5.92 Å². The molecule has 0 unspecified atom stereocenters. The van der Waals surface area contributed by atoms with Crippen molar-refractivity contribution in [2.75, 3.05) is 7.11 Å². The van der Waals surface area contributed by atoms with Crippen molar-refractivity contribution >= 4 is 5.97 Å². The van der Waals surface area contributed by atoms with Crippen LogP contribution in [0.5, 0.6) is 0 Å². The molecule has 0 rings (SSSR count). The standard InChI is InChI=1S/C11H20O3/c1-5-8(2)6-7-10(9(3)12)11(13)14-4/h6,9-10,12H,5,7H2,1-4H3/b8-6+/t9-,10-/m0/s1. The van der Waals surface area contributed by atoms with E-state index in [0.29, 0.717) is 6.42 Å². The number of esters is 1. The van der Waals surface area contributed by atoms with Crippen LogP contribution in [-0.4, -0.2) is 24.3 Å². The number of carbonyl (C=O) groups is 1. The smallest absolute Gasteiger partial charge is 0.311 e. The lowest BCUT2D eigenvalue weighted by atomic mass is 9.98. The highest BCUT2D eigenvalue weighted by molar-refractivity contribution is 5.73. The fraction of sp³-hybridized carbons (Fsp3) is 0.727. The van der Waals surface area contributed by atoms with Crippen LogP contribution in [0.25, 0.3) is 0 Å². The first kappa shape index (κ1) is 13.2. The summed E-state index contributed by atoms with van der Waals surface area (Å²) in [6.07, 6.45) is 2.83. The Labute approximate surface area is 85.8 Å². The summed E-state index contributed by atoms with van der Waals surface area (Å²) in [5, 5.41) is 9.37. The zero-order valence-electron chi connectivity index (χ0n) is 9.41. The normalized spacial score (nSPS) is 16.2. The van der Waals surface area contributed by atoms with E-state index in [1.54, 1.807) is 6.92 Å². The molecule has 0 aromatic rings. The topological polar surface area (TPSA) is 46.5 Å². The van der Waals surface area contributed by atoms with Gasteiger partial charge in [0.05, 0.1) is 19.1 Å². The van der Waals surface area contributed by atoms with E-state index in [0.717, 1.165) is 6.42 Å². The summed E-state index contributed by atoms with van der Waals surface area (Å²) in [5.74, 6) is -0.790. The molecule has 0 fully saturated rings. The first-order valence-corrected chi connectivity index (χ1v) is 4.94. The molecule has 0 amide bonds. The number of rotatable bonds is 5. The Hall–Kier alpha value is -0.830. The van der Waals surface area contributed by atoms with E-state index in [-0.39, 0.29) is 5.97 Å². The molecule has 14 heavy (non-hydrogen) atoms. The van der Waals surface area contributed by atoms with Crippen molar-refractivity contribution in [1.29, 1.82) is 0 Å². The van der Waals surface area contributed by atoms with Gasteiger partial charge in [-0.3, -0.25) is 4.79 Å². The molecular weight excluding hydrogens is 180 g/mol. The number of hydrogen-bond acceptors (Lipinski definition) is 3. The summed E-state index contributed by atoms with van der Waals surface area (Å²) in [4.78, 5) is 11.2. The lowest BCUT2D eigenvalue weighted by Crippen LogP contribution is -2.26. The summed E-state index contributed by atoms with van der Waals surface area (Å²) >= 11 is 0. The van der Waals surface area contributed by atoms with Crippen molar-refractivity contribution in [1.82, 2.24) is 0 Å². The van der Waals surface area contributed by atoms with Crippen molar-refractivity contribution in [2.24, 2.45) is 5.92 Å². The number of methoxy groups -OCH3 is 1. The van der Waals surface area contributed by atoms with E-state index in [2.05, 4.69) is 11.7 Å². The second-order valence-corrected chi connectivity index (χ2v) is 3.51. The van der Waals surface area contributed by atoms with Crippen LogP contribution in [0.4, 0.5) is 0 Å². The lowest BCUT2D eigenvalue weighted by molar-refractivity contribution is -0.148.